The molecule has 0 saturated carbocycles. The Labute approximate surface area is 201 Å². The molecule has 8 nitrogen and oxygen atoms in total. The lowest BCUT2D eigenvalue weighted by Crippen LogP contribution is -2.43. The molecule has 0 bridgehead atoms. The smallest absolute Gasteiger partial charge is 0.218 e. The van der Waals surface area contributed by atoms with Crippen LogP contribution in [0.4, 0.5) is 0 Å². The third-order valence-corrected chi connectivity index (χ3v) is 5.04. The molecule has 0 aliphatic carbocycles. The second kappa shape index (κ2) is 12.6. The van der Waals surface area contributed by atoms with E-state index in [1.165, 1.54) is 11.1 Å². The number of nitrogens with zero attached hydrogens (tertiary/aromatic N) is 3. The van der Waals surface area contributed by atoms with Gasteiger partial charge in [0, 0.05) is 45.6 Å². The summed E-state index contributed by atoms with van der Waals surface area (Å²) in [7, 11) is 6.77. The van der Waals surface area contributed by atoms with Gasteiger partial charge in [0.2, 0.25) is 5.88 Å². The van der Waals surface area contributed by atoms with Crippen LogP contribution in [0.25, 0.3) is 0 Å². The maximum Gasteiger partial charge on any atom is 0.218 e. The Morgan fingerprint density at radius 3 is 2.55 bits per heavy atom. The van der Waals surface area contributed by atoms with Crippen LogP contribution in [0.15, 0.2) is 35.5 Å². The maximum atomic E-state index is 5.73. The van der Waals surface area contributed by atoms with Crippen molar-refractivity contribution in [2.45, 2.75) is 19.5 Å². The standard InChI is InChI=1S/C22H30N4O4.HI/c1-23-22(25-14-17-6-5-8-24-21(17)30-11-10-27-2)26-9-7-16-12-19(28-3)20(29-4)13-18(16)15-26;/h5-6,8,12-13H,7,9-11,14-15H2,1-4H3,(H,23,25);1H. The fraction of sp³-hybridized carbons (Fsp3) is 0.455. The molecule has 0 radical (unpaired) electrons. The van der Waals surface area contributed by atoms with E-state index in [-0.39, 0.29) is 24.0 Å². The summed E-state index contributed by atoms with van der Waals surface area (Å²) in [4.78, 5) is 11.0. The number of pyridine rings is 1. The molecule has 2 aromatic rings. The molecule has 0 spiro atoms. The third-order valence-electron chi connectivity index (χ3n) is 5.04. The molecule has 1 aromatic heterocycles. The number of hydrogen-bond acceptors (Lipinski definition) is 6. The van der Waals surface area contributed by atoms with Crippen molar-refractivity contribution in [1.82, 2.24) is 15.2 Å². The number of ether oxygens (including phenoxy) is 4. The van der Waals surface area contributed by atoms with Gasteiger partial charge in [-0.25, -0.2) is 4.98 Å². The second-order valence-electron chi connectivity index (χ2n) is 6.86. The van der Waals surface area contributed by atoms with E-state index in [1.54, 1.807) is 34.6 Å². The van der Waals surface area contributed by atoms with Gasteiger partial charge in [-0.3, -0.25) is 4.99 Å². The Balaban J connectivity index is 0.00000341. The highest BCUT2D eigenvalue weighted by Gasteiger charge is 2.22. The van der Waals surface area contributed by atoms with Crippen molar-refractivity contribution in [2.24, 2.45) is 4.99 Å². The lowest BCUT2D eigenvalue weighted by Gasteiger charge is -2.32. The Bertz CT molecular complexity index is 879. The van der Waals surface area contributed by atoms with Gasteiger partial charge >= 0.3 is 0 Å². The number of aromatic nitrogens is 1. The van der Waals surface area contributed by atoms with Crippen LogP contribution in [0.3, 0.4) is 0 Å². The van der Waals surface area contributed by atoms with E-state index in [2.05, 4.69) is 32.3 Å². The van der Waals surface area contributed by atoms with Gasteiger partial charge in [-0.05, 0) is 35.7 Å². The van der Waals surface area contributed by atoms with E-state index in [1.807, 2.05) is 12.1 Å². The molecule has 0 unspecified atom stereocenters. The van der Waals surface area contributed by atoms with Crippen LogP contribution in [0.1, 0.15) is 16.7 Å². The quantitative estimate of drug-likeness (QED) is 0.238. The lowest BCUT2D eigenvalue weighted by molar-refractivity contribution is 0.143. The number of aliphatic imine (C=N–C) groups is 1. The van der Waals surface area contributed by atoms with Gasteiger partial charge < -0.3 is 29.2 Å². The van der Waals surface area contributed by atoms with Crippen LogP contribution in [0, 0.1) is 0 Å². The normalized spacial score (nSPS) is 13.2. The zero-order valence-electron chi connectivity index (χ0n) is 18.5. The average molecular weight is 542 g/mol. The third kappa shape index (κ3) is 6.36. The molecule has 2 heterocycles. The van der Waals surface area contributed by atoms with Gasteiger partial charge in [0.05, 0.1) is 20.8 Å². The summed E-state index contributed by atoms with van der Waals surface area (Å²) in [5.74, 6) is 2.96. The Kier molecular flexibility index (Phi) is 10.1. The summed E-state index contributed by atoms with van der Waals surface area (Å²) in [5.41, 5.74) is 3.46. The summed E-state index contributed by atoms with van der Waals surface area (Å²) in [5, 5.41) is 3.44. The lowest BCUT2D eigenvalue weighted by atomic mass is 9.99. The molecule has 1 aromatic carbocycles. The molecular formula is C22H31IN4O4. The molecule has 0 fully saturated rings. The van der Waals surface area contributed by atoms with Crippen LogP contribution in [0.2, 0.25) is 0 Å². The van der Waals surface area contributed by atoms with Crippen LogP contribution in [-0.2, 0) is 24.2 Å². The van der Waals surface area contributed by atoms with Gasteiger partial charge in [-0.2, -0.15) is 0 Å². The number of fused-ring (bicyclic) bond motifs is 1. The SMILES string of the molecule is CN=C(NCc1cccnc1OCCOC)N1CCc2cc(OC)c(OC)cc2C1.I. The van der Waals surface area contributed by atoms with Crippen molar-refractivity contribution in [2.75, 3.05) is 48.1 Å². The minimum atomic E-state index is 0. The first-order chi connectivity index (χ1) is 14.7. The molecule has 1 aliphatic heterocycles. The molecule has 3 rings (SSSR count). The monoisotopic (exact) mass is 542 g/mol. The minimum Gasteiger partial charge on any atom is -0.493 e. The largest absolute Gasteiger partial charge is 0.493 e. The minimum absolute atomic E-state index is 0. The highest BCUT2D eigenvalue weighted by Crippen LogP contribution is 2.33. The first kappa shape index (κ1) is 25.0. The molecule has 1 N–H and O–H groups in total. The number of halogens is 1. The maximum absolute atomic E-state index is 5.73. The number of methoxy groups -OCH3 is 3. The Morgan fingerprint density at radius 2 is 1.87 bits per heavy atom. The molecule has 0 atom stereocenters. The van der Waals surface area contributed by atoms with E-state index in [0.29, 0.717) is 25.6 Å². The van der Waals surface area contributed by atoms with E-state index < -0.39 is 0 Å². The zero-order valence-corrected chi connectivity index (χ0v) is 20.8. The van der Waals surface area contributed by atoms with Crippen molar-refractivity contribution >= 4 is 29.9 Å². The fourth-order valence-corrected chi connectivity index (χ4v) is 3.48. The van der Waals surface area contributed by atoms with Crippen molar-refractivity contribution < 1.29 is 18.9 Å². The van der Waals surface area contributed by atoms with Crippen molar-refractivity contribution in [3.63, 3.8) is 0 Å². The fourth-order valence-electron chi connectivity index (χ4n) is 3.48. The Hall–Kier alpha value is -2.27. The number of guanidine groups is 1. The number of benzene rings is 1. The van der Waals surface area contributed by atoms with Crippen molar-refractivity contribution in [3.8, 4) is 17.4 Å². The second-order valence-corrected chi connectivity index (χ2v) is 6.86. The summed E-state index contributed by atoms with van der Waals surface area (Å²) < 4.78 is 21.7. The molecule has 0 amide bonds. The van der Waals surface area contributed by atoms with Crippen molar-refractivity contribution in [1.29, 1.82) is 0 Å². The average Bonchev–Trinajstić information content (AvgIpc) is 2.79. The molecule has 9 heteroatoms. The summed E-state index contributed by atoms with van der Waals surface area (Å²) in [6.45, 7) is 3.17. The van der Waals surface area contributed by atoms with Gasteiger partial charge in [-0.15, -0.1) is 24.0 Å². The summed E-state index contributed by atoms with van der Waals surface area (Å²) in [6.07, 6.45) is 2.64. The Morgan fingerprint density at radius 1 is 1.13 bits per heavy atom. The molecule has 1 aliphatic rings. The topological polar surface area (TPSA) is 77.4 Å². The van der Waals surface area contributed by atoms with Crippen LogP contribution >= 0.6 is 24.0 Å². The van der Waals surface area contributed by atoms with Crippen LogP contribution < -0.4 is 19.5 Å². The molecular weight excluding hydrogens is 511 g/mol. The number of hydrogen-bond donors (Lipinski definition) is 1. The van der Waals surface area contributed by atoms with E-state index in [9.17, 15) is 0 Å². The van der Waals surface area contributed by atoms with Gasteiger partial charge in [0.15, 0.2) is 17.5 Å². The van der Waals surface area contributed by atoms with E-state index in [4.69, 9.17) is 18.9 Å². The van der Waals surface area contributed by atoms with Crippen LogP contribution in [0.5, 0.6) is 17.4 Å². The van der Waals surface area contributed by atoms with E-state index in [0.717, 1.165) is 42.5 Å². The van der Waals surface area contributed by atoms with E-state index >= 15 is 0 Å². The number of nitrogens with one attached hydrogen (secondary N) is 1. The number of rotatable bonds is 8. The predicted octanol–water partition coefficient (Wildman–Crippen LogP) is 2.88. The highest BCUT2D eigenvalue weighted by molar-refractivity contribution is 14.0. The highest BCUT2D eigenvalue weighted by atomic mass is 127. The van der Waals surface area contributed by atoms with Gasteiger partial charge in [0.1, 0.15) is 6.61 Å². The molecule has 170 valence electrons. The van der Waals surface area contributed by atoms with Crippen molar-refractivity contribution in [3.05, 3.63) is 47.2 Å². The first-order valence-electron chi connectivity index (χ1n) is 9.95. The summed E-state index contributed by atoms with van der Waals surface area (Å²) in [6, 6.07) is 8.02. The van der Waals surface area contributed by atoms with Crippen LogP contribution in [-0.4, -0.2) is 64.0 Å². The molecule has 31 heavy (non-hydrogen) atoms. The molecule has 0 saturated heterocycles. The zero-order chi connectivity index (χ0) is 21.3. The van der Waals surface area contributed by atoms with Gasteiger partial charge in [-0.1, -0.05) is 6.07 Å². The predicted molar refractivity (Wildman–Crippen MR) is 131 cm³/mol. The first-order valence-corrected chi connectivity index (χ1v) is 9.95. The van der Waals surface area contributed by atoms with Gasteiger partial charge in [0.25, 0.3) is 0 Å². The summed E-state index contributed by atoms with van der Waals surface area (Å²) >= 11 is 0.